The molecular weight excluding hydrogens is 336 g/mol. The van der Waals surface area contributed by atoms with E-state index in [1.54, 1.807) is 0 Å². The average molecular weight is 353 g/mol. The van der Waals surface area contributed by atoms with Crippen LogP contribution in [0.2, 0.25) is 0 Å². The number of nitrogens with one attached hydrogen (secondary N) is 2. The summed E-state index contributed by atoms with van der Waals surface area (Å²) in [5, 5.41) is 3.28. The van der Waals surface area contributed by atoms with Gasteiger partial charge in [0.25, 0.3) is 11.8 Å². The van der Waals surface area contributed by atoms with Gasteiger partial charge in [0.2, 0.25) is 0 Å². The van der Waals surface area contributed by atoms with E-state index >= 15 is 0 Å². The Labute approximate surface area is 142 Å². The highest BCUT2D eigenvalue weighted by molar-refractivity contribution is 6.08. The number of amides is 4. The van der Waals surface area contributed by atoms with Gasteiger partial charge in [0.15, 0.2) is 18.2 Å². The summed E-state index contributed by atoms with van der Waals surface area (Å²) in [6, 6.07) is 1.95. The molecule has 1 heterocycles. The first kappa shape index (κ1) is 17.1. The normalized spacial score (nSPS) is 19.0. The molecule has 1 spiro atoms. The zero-order valence-corrected chi connectivity index (χ0v) is 13.3. The second kappa shape index (κ2) is 6.66. The molecule has 2 fully saturated rings. The lowest BCUT2D eigenvalue weighted by Crippen LogP contribution is -2.51. The molecule has 134 valence electrons. The van der Waals surface area contributed by atoms with Crippen molar-refractivity contribution < 1.29 is 27.9 Å². The summed E-state index contributed by atoms with van der Waals surface area (Å²) in [5.41, 5.74) is 1.21. The fourth-order valence-electron chi connectivity index (χ4n) is 3.11. The van der Waals surface area contributed by atoms with Crippen molar-refractivity contribution >= 4 is 17.8 Å². The van der Waals surface area contributed by atoms with Crippen LogP contribution in [0, 0.1) is 11.6 Å². The molecule has 1 aliphatic carbocycles. The molecule has 9 heteroatoms. The molecule has 4 amide bonds. The first-order chi connectivity index (χ1) is 11.9. The average Bonchev–Trinajstić information content (AvgIpc) is 2.79. The maximum atomic E-state index is 13.4. The Kier molecular flexibility index (Phi) is 4.56. The monoisotopic (exact) mass is 353 g/mol. The number of imide groups is 1. The van der Waals surface area contributed by atoms with Gasteiger partial charge >= 0.3 is 6.03 Å². The zero-order chi connectivity index (χ0) is 18.0. The van der Waals surface area contributed by atoms with Crippen LogP contribution < -0.4 is 15.5 Å². The number of benzene rings is 1. The molecule has 1 aliphatic heterocycles. The quantitative estimate of drug-likeness (QED) is 0.806. The number of urea groups is 1. The van der Waals surface area contributed by atoms with E-state index in [-0.39, 0.29) is 5.75 Å². The van der Waals surface area contributed by atoms with E-state index in [2.05, 4.69) is 10.7 Å². The van der Waals surface area contributed by atoms with Gasteiger partial charge in [0.1, 0.15) is 11.4 Å². The SMILES string of the molecule is O=C(COc1ccc(F)cc1F)NN1C(=O)NC2(CCCCC2)C1=O. The molecular formula is C16H17F2N3O4. The summed E-state index contributed by atoms with van der Waals surface area (Å²) in [5.74, 6) is -3.34. The third kappa shape index (κ3) is 3.40. The van der Waals surface area contributed by atoms with E-state index < -0.39 is 41.6 Å². The van der Waals surface area contributed by atoms with Crippen LogP contribution in [0.15, 0.2) is 18.2 Å². The van der Waals surface area contributed by atoms with Gasteiger partial charge in [-0.15, -0.1) is 0 Å². The van der Waals surface area contributed by atoms with E-state index in [1.807, 2.05) is 0 Å². The molecule has 7 nitrogen and oxygen atoms in total. The smallest absolute Gasteiger partial charge is 0.344 e. The van der Waals surface area contributed by atoms with Crippen molar-refractivity contribution in [2.24, 2.45) is 0 Å². The first-order valence-electron chi connectivity index (χ1n) is 7.95. The van der Waals surface area contributed by atoms with E-state index in [0.29, 0.717) is 23.9 Å². The van der Waals surface area contributed by atoms with Crippen LogP contribution >= 0.6 is 0 Å². The maximum Gasteiger partial charge on any atom is 0.344 e. The standard InChI is InChI=1S/C16H17F2N3O4/c17-10-4-5-12(11(18)8-10)25-9-13(22)20-21-14(23)16(19-15(21)24)6-2-1-3-7-16/h4-5,8H,1-3,6-7,9H2,(H,19,24)(H,20,22). The predicted octanol–water partition coefficient (Wildman–Crippen LogP) is 1.63. The molecule has 0 unspecified atom stereocenters. The predicted molar refractivity (Wildman–Crippen MR) is 81.2 cm³/mol. The lowest BCUT2D eigenvalue weighted by molar-refractivity contribution is -0.140. The molecule has 1 aromatic carbocycles. The fourth-order valence-corrected chi connectivity index (χ4v) is 3.11. The minimum atomic E-state index is -0.955. The molecule has 25 heavy (non-hydrogen) atoms. The van der Waals surface area contributed by atoms with Crippen LogP contribution in [0.3, 0.4) is 0 Å². The van der Waals surface area contributed by atoms with Crippen molar-refractivity contribution in [3.05, 3.63) is 29.8 Å². The number of carbonyl (C=O) groups excluding carboxylic acids is 3. The second-order valence-electron chi connectivity index (χ2n) is 6.11. The third-order valence-electron chi connectivity index (χ3n) is 4.36. The van der Waals surface area contributed by atoms with E-state index in [4.69, 9.17) is 4.74 Å². The highest BCUT2D eigenvalue weighted by Gasteiger charge is 2.52. The lowest BCUT2D eigenvalue weighted by atomic mass is 9.82. The van der Waals surface area contributed by atoms with Crippen LogP contribution in [-0.2, 0) is 9.59 Å². The summed E-state index contributed by atoms with van der Waals surface area (Å²) >= 11 is 0. The summed E-state index contributed by atoms with van der Waals surface area (Å²) in [6.07, 6.45) is 3.69. The summed E-state index contributed by atoms with van der Waals surface area (Å²) < 4.78 is 31.2. The largest absolute Gasteiger partial charge is 0.481 e. The third-order valence-corrected chi connectivity index (χ3v) is 4.36. The van der Waals surface area contributed by atoms with Gasteiger partial charge in [-0.25, -0.2) is 13.6 Å². The number of hydrogen-bond acceptors (Lipinski definition) is 4. The summed E-state index contributed by atoms with van der Waals surface area (Å²) in [6.45, 7) is -0.632. The maximum absolute atomic E-state index is 13.4. The Bertz CT molecular complexity index is 719. The number of rotatable bonds is 4. The van der Waals surface area contributed by atoms with E-state index in [0.717, 1.165) is 31.4 Å². The highest BCUT2D eigenvalue weighted by atomic mass is 19.1. The molecule has 1 saturated carbocycles. The van der Waals surface area contributed by atoms with Gasteiger partial charge in [0, 0.05) is 6.07 Å². The molecule has 0 atom stereocenters. The Morgan fingerprint density at radius 2 is 1.96 bits per heavy atom. The van der Waals surface area contributed by atoms with Crippen molar-refractivity contribution in [3.63, 3.8) is 0 Å². The van der Waals surface area contributed by atoms with Crippen molar-refractivity contribution in [3.8, 4) is 5.75 Å². The fraction of sp³-hybridized carbons (Fsp3) is 0.438. The zero-order valence-electron chi connectivity index (χ0n) is 13.3. The van der Waals surface area contributed by atoms with Gasteiger partial charge in [-0.2, -0.15) is 5.01 Å². The molecule has 0 aromatic heterocycles. The van der Waals surface area contributed by atoms with Gasteiger partial charge in [-0.05, 0) is 25.0 Å². The Hall–Kier alpha value is -2.71. The molecule has 0 bridgehead atoms. The van der Waals surface area contributed by atoms with Crippen molar-refractivity contribution in [1.29, 1.82) is 0 Å². The number of hydrogen-bond donors (Lipinski definition) is 2. The minimum absolute atomic E-state index is 0.308. The van der Waals surface area contributed by atoms with Gasteiger partial charge in [-0.1, -0.05) is 19.3 Å². The molecule has 3 rings (SSSR count). The van der Waals surface area contributed by atoms with E-state index in [1.165, 1.54) is 0 Å². The molecule has 2 N–H and O–H groups in total. The molecule has 1 aromatic rings. The van der Waals surface area contributed by atoms with Crippen molar-refractivity contribution in [1.82, 2.24) is 15.8 Å². The number of nitrogens with zero attached hydrogens (tertiary/aromatic N) is 1. The highest BCUT2D eigenvalue weighted by Crippen LogP contribution is 2.32. The Morgan fingerprint density at radius 3 is 2.64 bits per heavy atom. The molecule has 0 radical (unpaired) electrons. The molecule has 2 aliphatic rings. The minimum Gasteiger partial charge on any atom is -0.481 e. The van der Waals surface area contributed by atoms with Gasteiger partial charge < -0.3 is 10.1 Å². The topological polar surface area (TPSA) is 87.7 Å². The van der Waals surface area contributed by atoms with Crippen LogP contribution in [0.4, 0.5) is 13.6 Å². The summed E-state index contributed by atoms with van der Waals surface area (Å²) in [7, 11) is 0. The number of halogens is 2. The number of ether oxygens (including phenoxy) is 1. The van der Waals surface area contributed by atoms with Crippen LogP contribution in [0.1, 0.15) is 32.1 Å². The van der Waals surface area contributed by atoms with E-state index in [9.17, 15) is 23.2 Å². The van der Waals surface area contributed by atoms with Crippen molar-refractivity contribution in [2.45, 2.75) is 37.6 Å². The number of hydrazine groups is 1. The Morgan fingerprint density at radius 1 is 1.24 bits per heavy atom. The number of carbonyl (C=O) groups is 3. The second-order valence-corrected chi connectivity index (χ2v) is 6.11. The lowest BCUT2D eigenvalue weighted by Gasteiger charge is -2.30. The van der Waals surface area contributed by atoms with Crippen LogP contribution in [-0.4, -0.2) is 35.0 Å². The Balaban J connectivity index is 1.59. The van der Waals surface area contributed by atoms with Crippen molar-refractivity contribution in [2.75, 3.05) is 6.61 Å². The van der Waals surface area contributed by atoms with Crippen LogP contribution in [0.5, 0.6) is 5.75 Å². The van der Waals surface area contributed by atoms with Gasteiger partial charge in [-0.3, -0.25) is 15.0 Å². The van der Waals surface area contributed by atoms with Gasteiger partial charge in [0.05, 0.1) is 0 Å². The summed E-state index contributed by atoms with van der Waals surface area (Å²) in [4.78, 5) is 36.4. The first-order valence-corrected chi connectivity index (χ1v) is 7.95. The van der Waals surface area contributed by atoms with Crippen LogP contribution in [0.25, 0.3) is 0 Å². The molecule has 1 saturated heterocycles.